The van der Waals surface area contributed by atoms with E-state index in [-0.39, 0.29) is 29.3 Å². The van der Waals surface area contributed by atoms with E-state index >= 15 is 0 Å². The summed E-state index contributed by atoms with van der Waals surface area (Å²) in [6.07, 6.45) is -1.47. The fraction of sp³-hybridized carbons (Fsp3) is 0.500. The maximum absolute atomic E-state index is 13.3. The second-order valence-electron chi connectivity index (χ2n) is 6.97. The minimum Gasteiger partial charge on any atom is -0.361 e. The zero-order chi connectivity index (χ0) is 21.4. The summed E-state index contributed by atoms with van der Waals surface area (Å²) in [4.78, 5) is 35.6. The van der Waals surface area contributed by atoms with Crippen molar-refractivity contribution < 1.29 is 18.1 Å². The third-order valence-corrected chi connectivity index (χ3v) is 5.96. The number of halogens is 2. The highest BCUT2D eigenvalue weighted by Crippen LogP contribution is 2.32. The lowest BCUT2D eigenvalue weighted by Gasteiger charge is -2.22. The molecule has 160 valence electrons. The van der Waals surface area contributed by atoms with Gasteiger partial charge in [0.25, 0.3) is 12.0 Å². The number of nitrogens with one attached hydrogen (secondary N) is 1. The van der Waals surface area contributed by atoms with Gasteiger partial charge in [-0.1, -0.05) is 16.5 Å². The number of alkyl halides is 2. The molecule has 1 aliphatic rings. The molecule has 1 fully saturated rings. The van der Waals surface area contributed by atoms with Crippen LogP contribution in [0.1, 0.15) is 43.5 Å². The standard InChI is InChI=1S/C18H20F2N6O3S/c1-3-25-14(13(19)20)23-16-12(17(25)28)22-18(30-16)26-6-4-5-11(26)15(27)21-8-10-7-9(2)29-24-10/h7,11,13H,3-6,8H2,1-2H3,(H,21,27). The Balaban J connectivity index is 1.59. The maximum atomic E-state index is 13.3. The monoisotopic (exact) mass is 438 g/mol. The molecule has 1 amide bonds. The fourth-order valence-electron chi connectivity index (χ4n) is 3.57. The highest BCUT2D eigenvalue weighted by Gasteiger charge is 2.33. The molecular weight excluding hydrogens is 418 g/mol. The molecule has 1 unspecified atom stereocenters. The quantitative estimate of drug-likeness (QED) is 0.630. The molecule has 0 bridgehead atoms. The molecule has 1 atom stereocenters. The van der Waals surface area contributed by atoms with E-state index in [4.69, 9.17) is 4.52 Å². The van der Waals surface area contributed by atoms with E-state index in [1.54, 1.807) is 24.8 Å². The predicted molar refractivity (Wildman–Crippen MR) is 106 cm³/mol. The number of carbonyl (C=O) groups is 1. The number of nitrogens with zero attached hydrogens (tertiary/aromatic N) is 5. The van der Waals surface area contributed by atoms with Gasteiger partial charge in [-0.2, -0.15) is 0 Å². The molecule has 9 nitrogen and oxygen atoms in total. The van der Waals surface area contributed by atoms with E-state index in [0.29, 0.717) is 29.6 Å². The summed E-state index contributed by atoms with van der Waals surface area (Å²) < 4.78 is 32.5. The Labute approximate surface area is 173 Å². The molecular formula is C18H20F2N6O3S. The number of hydrogen-bond acceptors (Lipinski definition) is 8. The van der Waals surface area contributed by atoms with Crippen LogP contribution < -0.4 is 15.8 Å². The van der Waals surface area contributed by atoms with Gasteiger partial charge in [0.1, 0.15) is 17.5 Å². The molecule has 30 heavy (non-hydrogen) atoms. The largest absolute Gasteiger partial charge is 0.361 e. The van der Waals surface area contributed by atoms with Crippen molar-refractivity contribution >= 4 is 32.7 Å². The van der Waals surface area contributed by atoms with E-state index in [0.717, 1.165) is 22.3 Å². The number of hydrogen-bond donors (Lipinski definition) is 1. The van der Waals surface area contributed by atoms with Crippen molar-refractivity contribution in [3.63, 3.8) is 0 Å². The molecule has 1 saturated heterocycles. The smallest absolute Gasteiger partial charge is 0.295 e. The Morgan fingerprint density at radius 2 is 2.23 bits per heavy atom. The van der Waals surface area contributed by atoms with Crippen molar-refractivity contribution in [1.29, 1.82) is 0 Å². The van der Waals surface area contributed by atoms with Gasteiger partial charge in [0.15, 0.2) is 21.3 Å². The molecule has 1 N–H and O–H groups in total. The van der Waals surface area contributed by atoms with Crippen molar-refractivity contribution in [2.24, 2.45) is 0 Å². The van der Waals surface area contributed by atoms with Crippen LogP contribution in [0.3, 0.4) is 0 Å². The van der Waals surface area contributed by atoms with Crippen LogP contribution in [-0.4, -0.2) is 38.2 Å². The van der Waals surface area contributed by atoms with Gasteiger partial charge < -0.3 is 14.7 Å². The zero-order valence-corrected chi connectivity index (χ0v) is 17.2. The molecule has 0 radical (unpaired) electrons. The van der Waals surface area contributed by atoms with Crippen LogP contribution >= 0.6 is 11.3 Å². The van der Waals surface area contributed by atoms with Crippen LogP contribution in [0.25, 0.3) is 10.3 Å². The summed E-state index contributed by atoms with van der Waals surface area (Å²) in [6.45, 7) is 4.26. The minimum atomic E-state index is -2.86. The van der Waals surface area contributed by atoms with Gasteiger partial charge in [-0.15, -0.1) is 0 Å². The van der Waals surface area contributed by atoms with Gasteiger partial charge in [-0.3, -0.25) is 14.2 Å². The third-order valence-electron chi connectivity index (χ3n) is 4.97. The molecule has 0 spiro atoms. The van der Waals surface area contributed by atoms with Crippen molar-refractivity contribution in [2.45, 2.75) is 52.2 Å². The predicted octanol–water partition coefficient (Wildman–Crippen LogP) is 2.39. The Bertz CT molecular complexity index is 1140. The van der Waals surface area contributed by atoms with Crippen LogP contribution in [0, 0.1) is 6.92 Å². The highest BCUT2D eigenvalue weighted by molar-refractivity contribution is 7.21. The van der Waals surface area contributed by atoms with Gasteiger partial charge in [-0.25, -0.2) is 18.7 Å². The van der Waals surface area contributed by atoms with E-state index in [1.807, 2.05) is 0 Å². The number of carbonyl (C=O) groups excluding carboxylic acids is 1. The summed E-state index contributed by atoms with van der Waals surface area (Å²) in [5, 5.41) is 7.11. The normalized spacial score (nSPS) is 16.7. The number of fused-ring (bicyclic) bond motifs is 1. The molecule has 3 aromatic rings. The van der Waals surface area contributed by atoms with E-state index < -0.39 is 23.9 Å². The number of anilines is 1. The molecule has 0 aliphatic carbocycles. The van der Waals surface area contributed by atoms with Crippen LogP contribution in [0.15, 0.2) is 15.4 Å². The number of aromatic nitrogens is 4. The number of thiazole rings is 1. The van der Waals surface area contributed by atoms with Gasteiger partial charge in [0.2, 0.25) is 5.91 Å². The lowest BCUT2D eigenvalue weighted by Crippen LogP contribution is -2.43. The first kappa shape index (κ1) is 20.4. The van der Waals surface area contributed by atoms with Gasteiger partial charge in [0, 0.05) is 19.2 Å². The van der Waals surface area contributed by atoms with Crippen molar-refractivity contribution in [2.75, 3.05) is 11.4 Å². The molecule has 12 heteroatoms. The average molecular weight is 438 g/mol. The second kappa shape index (κ2) is 8.09. The average Bonchev–Trinajstić information content (AvgIpc) is 3.44. The summed E-state index contributed by atoms with van der Waals surface area (Å²) >= 11 is 1.05. The summed E-state index contributed by atoms with van der Waals surface area (Å²) in [6, 6.07) is 1.27. The number of aryl methyl sites for hydroxylation is 1. The summed E-state index contributed by atoms with van der Waals surface area (Å²) in [7, 11) is 0. The molecule has 4 rings (SSSR count). The molecule has 3 aromatic heterocycles. The molecule has 0 aromatic carbocycles. The first-order chi connectivity index (χ1) is 14.4. The van der Waals surface area contributed by atoms with Crippen LogP contribution in [0.5, 0.6) is 0 Å². The Kier molecular flexibility index (Phi) is 5.50. The van der Waals surface area contributed by atoms with Gasteiger partial charge >= 0.3 is 0 Å². The first-order valence-corrected chi connectivity index (χ1v) is 10.4. The third kappa shape index (κ3) is 3.66. The summed E-state index contributed by atoms with van der Waals surface area (Å²) in [5.74, 6) is -0.104. The van der Waals surface area contributed by atoms with Crippen molar-refractivity contribution in [1.82, 2.24) is 25.0 Å². The zero-order valence-electron chi connectivity index (χ0n) is 16.4. The Hall–Kier alpha value is -2.89. The fourth-order valence-corrected chi connectivity index (χ4v) is 4.59. The number of amides is 1. The molecule has 4 heterocycles. The van der Waals surface area contributed by atoms with E-state index in [2.05, 4.69) is 20.4 Å². The lowest BCUT2D eigenvalue weighted by molar-refractivity contribution is -0.122. The molecule has 0 saturated carbocycles. The van der Waals surface area contributed by atoms with Crippen LogP contribution in [0.4, 0.5) is 13.9 Å². The minimum absolute atomic E-state index is 0.0466. The Morgan fingerprint density at radius 3 is 2.90 bits per heavy atom. The summed E-state index contributed by atoms with van der Waals surface area (Å²) in [5.41, 5.74) is 0.0708. The lowest BCUT2D eigenvalue weighted by atomic mass is 10.2. The van der Waals surface area contributed by atoms with Crippen molar-refractivity contribution in [3.05, 3.63) is 33.7 Å². The second-order valence-corrected chi connectivity index (χ2v) is 7.92. The first-order valence-electron chi connectivity index (χ1n) is 9.55. The van der Waals surface area contributed by atoms with E-state index in [9.17, 15) is 18.4 Å². The van der Waals surface area contributed by atoms with Gasteiger partial charge in [0.05, 0.1) is 6.54 Å². The van der Waals surface area contributed by atoms with Crippen molar-refractivity contribution in [3.8, 4) is 0 Å². The van der Waals surface area contributed by atoms with Crippen LogP contribution in [-0.2, 0) is 17.9 Å². The maximum Gasteiger partial charge on any atom is 0.295 e. The highest BCUT2D eigenvalue weighted by atomic mass is 32.1. The van der Waals surface area contributed by atoms with E-state index in [1.165, 1.54) is 0 Å². The number of rotatable bonds is 6. The molecule has 1 aliphatic heterocycles. The van der Waals surface area contributed by atoms with Gasteiger partial charge in [-0.05, 0) is 26.7 Å². The van der Waals surface area contributed by atoms with Crippen LogP contribution in [0.2, 0.25) is 0 Å². The SMILES string of the molecule is CCn1c(C(F)F)nc2sc(N3CCCC3C(=O)NCc3cc(C)on3)nc2c1=O. The topological polar surface area (TPSA) is 106 Å². The Morgan fingerprint density at radius 1 is 1.43 bits per heavy atom.